The molecule has 1 N–H and O–H groups in total. The van der Waals surface area contributed by atoms with E-state index in [9.17, 15) is 4.79 Å². The SMILES string of the molecule is Cc1cc(-c2ccc3c(C)c(-c4cnc(N5CCN(C(=O)OC(C)(C)C)CC5)nc4)[nH]c3c2)cc(C)n1. The van der Waals surface area contributed by atoms with Crippen molar-refractivity contribution < 1.29 is 9.53 Å². The number of pyridine rings is 1. The third-order valence-electron chi connectivity index (χ3n) is 6.61. The predicted molar refractivity (Wildman–Crippen MR) is 147 cm³/mol. The summed E-state index contributed by atoms with van der Waals surface area (Å²) >= 11 is 0. The molecule has 4 aromatic rings. The van der Waals surface area contributed by atoms with Crippen LogP contribution in [-0.2, 0) is 4.74 Å². The fraction of sp³-hybridized carbons (Fsp3) is 0.379. The molecule has 192 valence electrons. The van der Waals surface area contributed by atoms with Crippen LogP contribution in [-0.4, -0.2) is 62.7 Å². The quantitative estimate of drug-likeness (QED) is 0.392. The van der Waals surface area contributed by atoms with E-state index in [1.165, 1.54) is 16.5 Å². The van der Waals surface area contributed by atoms with Crippen molar-refractivity contribution in [2.24, 2.45) is 0 Å². The number of aromatic amines is 1. The van der Waals surface area contributed by atoms with Crippen LogP contribution < -0.4 is 4.90 Å². The van der Waals surface area contributed by atoms with Crippen LogP contribution >= 0.6 is 0 Å². The van der Waals surface area contributed by atoms with Crippen molar-refractivity contribution in [2.45, 2.75) is 47.1 Å². The van der Waals surface area contributed by atoms with Crippen LogP contribution in [0.15, 0.2) is 42.7 Å². The van der Waals surface area contributed by atoms with Crippen molar-refractivity contribution in [2.75, 3.05) is 31.1 Å². The molecule has 4 heterocycles. The molecule has 5 rings (SSSR count). The molecule has 1 aromatic carbocycles. The summed E-state index contributed by atoms with van der Waals surface area (Å²) in [6.07, 6.45) is 3.48. The van der Waals surface area contributed by atoms with Crippen molar-refractivity contribution in [3.05, 3.63) is 59.7 Å². The molecule has 0 radical (unpaired) electrons. The first-order valence-electron chi connectivity index (χ1n) is 12.7. The zero-order valence-electron chi connectivity index (χ0n) is 22.4. The lowest BCUT2D eigenvalue weighted by molar-refractivity contribution is 0.0240. The Kier molecular flexibility index (Phi) is 6.35. The summed E-state index contributed by atoms with van der Waals surface area (Å²) in [7, 11) is 0. The largest absolute Gasteiger partial charge is 0.444 e. The number of amides is 1. The fourth-order valence-electron chi connectivity index (χ4n) is 4.84. The number of piperazine rings is 1. The molecule has 3 aromatic heterocycles. The van der Waals surface area contributed by atoms with Crippen LogP contribution in [0.1, 0.15) is 37.7 Å². The summed E-state index contributed by atoms with van der Waals surface area (Å²) in [5.41, 5.74) is 8.09. The maximum atomic E-state index is 12.3. The Morgan fingerprint density at radius 1 is 0.892 bits per heavy atom. The van der Waals surface area contributed by atoms with E-state index in [0.717, 1.165) is 33.7 Å². The highest BCUT2D eigenvalue weighted by molar-refractivity contribution is 5.93. The average molecular weight is 499 g/mol. The van der Waals surface area contributed by atoms with Crippen LogP contribution in [0.4, 0.5) is 10.7 Å². The van der Waals surface area contributed by atoms with Gasteiger partial charge >= 0.3 is 6.09 Å². The normalized spacial score (nSPS) is 14.3. The molecule has 0 spiro atoms. The number of fused-ring (bicyclic) bond motifs is 1. The minimum atomic E-state index is -0.493. The van der Waals surface area contributed by atoms with Gasteiger partial charge in [0.25, 0.3) is 0 Å². The molecule has 1 aliphatic heterocycles. The van der Waals surface area contributed by atoms with E-state index in [1.54, 1.807) is 4.90 Å². The zero-order chi connectivity index (χ0) is 26.3. The number of nitrogens with zero attached hydrogens (tertiary/aromatic N) is 5. The predicted octanol–water partition coefficient (Wildman–Crippen LogP) is 5.67. The van der Waals surface area contributed by atoms with Crippen LogP contribution in [0.5, 0.6) is 0 Å². The molecule has 0 bridgehead atoms. The minimum absolute atomic E-state index is 0.268. The molecular weight excluding hydrogens is 464 g/mol. The van der Waals surface area contributed by atoms with Crippen LogP contribution in [0.25, 0.3) is 33.3 Å². The number of ether oxygens (including phenoxy) is 1. The molecule has 1 fully saturated rings. The highest BCUT2D eigenvalue weighted by Crippen LogP contribution is 2.32. The van der Waals surface area contributed by atoms with Crippen molar-refractivity contribution in [3.8, 4) is 22.4 Å². The molecule has 8 nitrogen and oxygen atoms in total. The first kappa shape index (κ1) is 24.7. The summed E-state index contributed by atoms with van der Waals surface area (Å²) in [6, 6.07) is 10.8. The van der Waals surface area contributed by atoms with E-state index in [4.69, 9.17) is 4.74 Å². The molecule has 0 unspecified atom stereocenters. The Morgan fingerprint density at radius 2 is 1.54 bits per heavy atom. The van der Waals surface area contributed by atoms with Gasteiger partial charge in [-0.25, -0.2) is 14.8 Å². The van der Waals surface area contributed by atoms with E-state index in [2.05, 4.69) is 62.1 Å². The smallest absolute Gasteiger partial charge is 0.410 e. The Bertz CT molecular complexity index is 1420. The molecule has 37 heavy (non-hydrogen) atoms. The van der Waals surface area contributed by atoms with E-state index >= 15 is 0 Å². The molecule has 0 aliphatic carbocycles. The Balaban J connectivity index is 1.32. The summed E-state index contributed by atoms with van der Waals surface area (Å²) in [6.45, 7) is 14.3. The van der Waals surface area contributed by atoms with E-state index < -0.39 is 5.60 Å². The summed E-state index contributed by atoms with van der Waals surface area (Å²) in [4.78, 5) is 33.6. The summed E-state index contributed by atoms with van der Waals surface area (Å²) in [5, 5.41) is 1.18. The summed E-state index contributed by atoms with van der Waals surface area (Å²) in [5.74, 6) is 0.673. The second kappa shape index (κ2) is 9.50. The van der Waals surface area contributed by atoms with E-state index in [-0.39, 0.29) is 6.09 Å². The molecule has 1 amide bonds. The van der Waals surface area contributed by atoms with Crippen molar-refractivity contribution >= 4 is 22.9 Å². The van der Waals surface area contributed by atoms with Gasteiger partial charge in [-0.2, -0.15) is 0 Å². The number of anilines is 1. The van der Waals surface area contributed by atoms with Gasteiger partial charge in [-0.05, 0) is 76.4 Å². The van der Waals surface area contributed by atoms with E-state index in [1.807, 2.05) is 47.0 Å². The molecule has 0 atom stereocenters. The maximum Gasteiger partial charge on any atom is 0.410 e. The Hall–Kier alpha value is -3.94. The van der Waals surface area contributed by atoms with Crippen LogP contribution in [0.2, 0.25) is 0 Å². The second-order valence-corrected chi connectivity index (χ2v) is 10.8. The van der Waals surface area contributed by atoms with Gasteiger partial charge in [-0.15, -0.1) is 0 Å². The number of hydrogen-bond acceptors (Lipinski definition) is 6. The molecule has 1 saturated heterocycles. The van der Waals surface area contributed by atoms with Gasteiger partial charge in [0.05, 0.1) is 5.69 Å². The molecule has 8 heteroatoms. The van der Waals surface area contributed by atoms with Gasteiger partial charge in [0, 0.05) is 66.4 Å². The van der Waals surface area contributed by atoms with Gasteiger partial charge in [0.15, 0.2) is 0 Å². The van der Waals surface area contributed by atoms with Crippen LogP contribution in [0.3, 0.4) is 0 Å². The lowest BCUT2D eigenvalue weighted by Crippen LogP contribution is -2.50. The standard InChI is InChI=1S/C29H34N6O2/c1-18-13-22(14-19(2)32-18)21-7-8-24-20(3)26(33-25(24)15-21)23-16-30-27(31-17-23)34-9-11-35(12-10-34)28(36)37-29(4,5)6/h7-8,13-17,33H,9-12H2,1-6H3. The van der Waals surface area contributed by atoms with E-state index in [0.29, 0.717) is 32.1 Å². The zero-order valence-corrected chi connectivity index (χ0v) is 22.4. The second-order valence-electron chi connectivity index (χ2n) is 10.8. The number of nitrogens with one attached hydrogen (secondary N) is 1. The lowest BCUT2D eigenvalue weighted by atomic mass is 10.0. The average Bonchev–Trinajstić information content (AvgIpc) is 3.18. The number of aromatic nitrogens is 4. The number of benzene rings is 1. The third-order valence-corrected chi connectivity index (χ3v) is 6.61. The van der Waals surface area contributed by atoms with Crippen molar-refractivity contribution in [1.29, 1.82) is 0 Å². The number of H-pyrrole nitrogens is 1. The summed E-state index contributed by atoms with van der Waals surface area (Å²) < 4.78 is 5.49. The van der Waals surface area contributed by atoms with Gasteiger partial charge in [-0.3, -0.25) is 4.98 Å². The Morgan fingerprint density at radius 3 is 2.16 bits per heavy atom. The number of hydrogen-bond donors (Lipinski definition) is 1. The minimum Gasteiger partial charge on any atom is -0.444 e. The molecule has 0 saturated carbocycles. The van der Waals surface area contributed by atoms with Crippen LogP contribution in [0, 0.1) is 20.8 Å². The highest BCUT2D eigenvalue weighted by atomic mass is 16.6. The Labute approximate surface area is 217 Å². The van der Waals surface area contributed by atoms with Crippen molar-refractivity contribution in [1.82, 2.24) is 24.8 Å². The van der Waals surface area contributed by atoms with Gasteiger partial charge in [-0.1, -0.05) is 12.1 Å². The lowest BCUT2D eigenvalue weighted by Gasteiger charge is -2.35. The topological polar surface area (TPSA) is 87.2 Å². The number of rotatable bonds is 3. The fourth-order valence-corrected chi connectivity index (χ4v) is 4.84. The first-order chi connectivity index (χ1) is 17.6. The highest BCUT2D eigenvalue weighted by Gasteiger charge is 2.26. The monoisotopic (exact) mass is 498 g/mol. The molecular formula is C29H34N6O2. The number of aryl methyl sites for hydroxylation is 3. The van der Waals surface area contributed by atoms with Gasteiger partial charge < -0.3 is 19.5 Å². The van der Waals surface area contributed by atoms with Gasteiger partial charge in [0.1, 0.15) is 5.60 Å². The first-order valence-corrected chi connectivity index (χ1v) is 12.7. The van der Waals surface area contributed by atoms with Crippen molar-refractivity contribution in [3.63, 3.8) is 0 Å². The third kappa shape index (κ3) is 5.28. The number of carbonyl (C=O) groups excluding carboxylic acids is 1. The van der Waals surface area contributed by atoms with Gasteiger partial charge in [0.2, 0.25) is 5.95 Å². The molecule has 1 aliphatic rings. The maximum absolute atomic E-state index is 12.3. The number of carbonyl (C=O) groups is 1.